The zero-order valence-electron chi connectivity index (χ0n) is 11.1. The Balaban J connectivity index is 2.47. The third-order valence-corrected chi connectivity index (χ3v) is 2.76. The third-order valence-electron chi connectivity index (χ3n) is 2.76. The van der Waals surface area contributed by atoms with E-state index >= 15 is 0 Å². The lowest BCUT2D eigenvalue weighted by Gasteiger charge is -2.24. The summed E-state index contributed by atoms with van der Waals surface area (Å²) in [6.45, 7) is 2.06. The van der Waals surface area contributed by atoms with Crippen LogP contribution in [0.2, 0.25) is 0 Å². The first-order valence-electron chi connectivity index (χ1n) is 6.09. The average Bonchev–Trinajstić information content (AvgIpc) is 2.35. The fraction of sp³-hybridized carbons (Fsp3) is 0.500. The van der Waals surface area contributed by atoms with Crippen LogP contribution >= 0.6 is 0 Å². The number of rotatable bonds is 7. The molecule has 1 N–H and O–H groups in total. The van der Waals surface area contributed by atoms with E-state index in [4.69, 9.17) is 5.26 Å². The lowest BCUT2D eigenvalue weighted by atomic mass is 9.88. The minimum atomic E-state index is -2.80. The number of hydrogen-bond donors (Lipinski definition) is 1. The summed E-state index contributed by atoms with van der Waals surface area (Å²) in [6, 6.07) is 8.51. The molecule has 1 aromatic carbocycles. The highest BCUT2D eigenvalue weighted by Crippen LogP contribution is 2.24. The lowest BCUT2D eigenvalue weighted by Crippen LogP contribution is -2.22. The largest absolute Gasteiger partial charge is 0.435 e. The van der Waals surface area contributed by atoms with Gasteiger partial charge in [-0.25, -0.2) is 0 Å². The summed E-state index contributed by atoms with van der Waals surface area (Å²) >= 11 is 0. The molecule has 0 fully saturated rings. The second kappa shape index (κ2) is 6.93. The fourth-order valence-corrected chi connectivity index (χ4v) is 1.58. The summed E-state index contributed by atoms with van der Waals surface area (Å²) in [5.41, 5.74) is 0.847. The van der Waals surface area contributed by atoms with Crippen molar-refractivity contribution < 1.29 is 13.5 Å². The van der Waals surface area contributed by atoms with Crippen molar-refractivity contribution in [2.45, 2.75) is 33.3 Å². The van der Waals surface area contributed by atoms with Crippen LogP contribution in [0.3, 0.4) is 0 Å². The first-order chi connectivity index (χ1) is 8.93. The minimum Gasteiger partial charge on any atom is -0.435 e. The molecule has 1 aromatic rings. The molecule has 0 aliphatic rings. The number of hydrogen-bond acceptors (Lipinski definition) is 3. The Bertz CT molecular complexity index is 424. The number of anilines is 1. The molecule has 0 saturated heterocycles. The summed E-state index contributed by atoms with van der Waals surface area (Å²) < 4.78 is 28.2. The van der Waals surface area contributed by atoms with Gasteiger partial charge in [0.15, 0.2) is 0 Å². The molecule has 0 unspecified atom stereocenters. The molecule has 0 atom stereocenters. The topological polar surface area (TPSA) is 45.0 Å². The van der Waals surface area contributed by atoms with Crippen LogP contribution in [0.15, 0.2) is 24.3 Å². The predicted molar refractivity (Wildman–Crippen MR) is 70.2 cm³/mol. The zero-order valence-corrected chi connectivity index (χ0v) is 11.1. The molecule has 104 valence electrons. The molecule has 0 aromatic heterocycles. The number of halogens is 2. The van der Waals surface area contributed by atoms with E-state index in [9.17, 15) is 8.78 Å². The van der Waals surface area contributed by atoms with E-state index in [0.29, 0.717) is 13.0 Å². The van der Waals surface area contributed by atoms with Gasteiger partial charge < -0.3 is 10.1 Å². The van der Waals surface area contributed by atoms with Crippen LogP contribution < -0.4 is 10.1 Å². The number of benzene rings is 1. The van der Waals surface area contributed by atoms with Crippen LogP contribution in [0, 0.1) is 16.7 Å². The van der Waals surface area contributed by atoms with E-state index < -0.39 is 6.61 Å². The van der Waals surface area contributed by atoms with Crippen LogP contribution in [0.1, 0.15) is 26.7 Å². The van der Waals surface area contributed by atoms with Crippen molar-refractivity contribution in [3.8, 4) is 11.8 Å². The van der Waals surface area contributed by atoms with Gasteiger partial charge in [-0.2, -0.15) is 14.0 Å². The first-order valence-corrected chi connectivity index (χ1v) is 6.09. The van der Waals surface area contributed by atoms with Gasteiger partial charge in [0.2, 0.25) is 0 Å². The van der Waals surface area contributed by atoms with E-state index in [1.807, 2.05) is 0 Å². The van der Waals surface area contributed by atoms with Gasteiger partial charge in [-0.15, -0.1) is 0 Å². The Labute approximate surface area is 112 Å². The molecule has 0 bridgehead atoms. The summed E-state index contributed by atoms with van der Waals surface area (Å²) in [5, 5.41) is 11.8. The van der Waals surface area contributed by atoms with E-state index in [1.54, 1.807) is 12.1 Å². The number of nitriles is 1. The maximum Gasteiger partial charge on any atom is 0.387 e. The molecule has 3 nitrogen and oxygen atoms in total. The number of nitrogens with one attached hydrogen (secondary N) is 1. The van der Waals surface area contributed by atoms with Crippen molar-refractivity contribution in [1.82, 2.24) is 0 Å². The maximum atomic E-state index is 12.0. The van der Waals surface area contributed by atoms with Gasteiger partial charge >= 0.3 is 6.61 Å². The molecular formula is C14H18F2N2O. The van der Waals surface area contributed by atoms with Gasteiger partial charge in [0.1, 0.15) is 5.75 Å². The highest BCUT2D eigenvalue weighted by molar-refractivity contribution is 5.46. The van der Waals surface area contributed by atoms with Crippen LogP contribution in [-0.2, 0) is 0 Å². The number of nitrogens with zero attached hydrogens (tertiary/aromatic N) is 1. The monoisotopic (exact) mass is 268 g/mol. The minimum absolute atomic E-state index is 0.00781. The molecule has 19 heavy (non-hydrogen) atoms. The van der Waals surface area contributed by atoms with Crippen molar-refractivity contribution in [2.75, 3.05) is 11.9 Å². The Morgan fingerprint density at radius 3 is 2.47 bits per heavy atom. The van der Waals surface area contributed by atoms with Crippen molar-refractivity contribution >= 4 is 5.69 Å². The molecule has 0 aliphatic carbocycles. The van der Waals surface area contributed by atoms with Gasteiger partial charge in [0.25, 0.3) is 0 Å². The second-order valence-electron chi connectivity index (χ2n) is 5.08. The smallest absolute Gasteiger partial charge is 0.387 e. The van der Waals surface area contributed by atoms with Crippen molar-refractivity contribution in [3.05, 3.63) is 24.3 Å². The van der Waals surface area contributed by atoms with Gasteiger partial charge in [0, 0.05) is 18.7 Å². The third kappa shape index (κ3) is 6.05. The number of ether oxygens (including phenoxy) is 1. The summed E-state index contributed by atoms with van der Waals surface area (Å²) in [4.78, 5) is 0. The molecule has 0 heterocycles. The number of alkyl halides is 2. The summed E-state index contributed by atoms with van der Waals surface area (Å²) in [6.07, 6.45) is 1.33. The van der Waals surface area contributed by atoms with Crippen LogP contribution in [0.4, 0.5) is 14.5 Å². The Morgan fingerprint density at radius 2 is 1.95 bits per heavy atom. The molecule has 0 radical (unpaired) electrons. The van der Waals surface area contributed by atoms with Gasteiger partial charge in [-0.1, -0.05) is 13.8 Å². The fourth-order valence-electron chi connectivity index (χ4n) is 1.58. The Hall–Kier alpha value is -1.83. The molecule has 5 heteroatoms. The van der Waals surface area contributed by atoms with E-state index in [0.717, 1.165) is 12.1 Å². The normalized spacial score (nSPS) is 11.2. The van der Waals surface area contributed by atoms with E-state index in [-0.39, 0.29) is 11.2 Å². The molecule has 0 aliphatic heterocycles. The summed E-state index contributed by atoms with van der Waals surface area (Å²) in [7, 11) is 0. The highest BCUT2D eigenvalue weighted by Gasteiger charge is 2.16. The summed E-state index contributed by atoms with van der Waals surface area (Å²) in [5.74, 6) is 0.143. The lowest BCUT2D eigenvalue weighted by molar-refractivity contribution is -0.0498. The molecular weight excluding hydrogens is 250 g/mol. The van der Waals surface area contributed by atoms with Crippen LogP contribution in [-0.4, -0.2) is 13.2 Å². The first kappa shape index (κ1) is 15.2. The van der Waals surface area contributed by atoms with Crippen LogP contribution in [0.5, 0.6) is 5.75 Å². The van der Waals surface area contributed by atoms with Gasteiger partial charge in [-0.05, 0) is 36.1 Å². The molecule has 1 rings (SSSR count). The van der Waals surface area contributed by atoms with Crippen molar-refractivity contribution in [3.63, 3.8) is 0 Å². The highest BCUT2D eigenvalue weighted by atomic mass is 19.3. The molecule has 0 saturated carbocycles. The predicted octanol–water partition coefficient (Wildman–Crippen LogP) is 4.03. The average molecular weight is 268 g/mol. The Morgan fingerprint density at radius 1 is 1.32 bits per heavy atom. The van der Waals surface area contributed by atoms with E-state index in [2.05, 4.69) is 30.0 Å². The van der Waals surface area contributed by atoms with E-state index in [1.165, 1.54) is 12.1 Å². The van der Waals surface area contributed by atoms with Crippen LogP contribution in [0.25, 0.3) is 0 Å². The van der Waals surface area contributed by atoms with Gasteiger partial charge in [-0.3, -0.25) is 0 Å². The quantitative estimate of drug-likeness (QED) is 0.812. The standard InChI is InChI=1S/C14H18F2N2O/c1-14(2,8-3-9-17)10-18-11-4-6-12(7-5-11)19-13(15)16/h4-7,13,18H,3,8,10H2,1-2H3. The maximum absolute atomic E-state index is 12.0. The van der Waals surface area contributed by atoms with Crippen molar-refractivity contribution in [2.24, 2.45) is 5.41 Å². The van der Waals surface area contributed by atoms with Gasteiger partial charge in [0.05, 0.1) is 6.07 Å². The molecule has 0 spiro atoms. The molecule has 0 amide bonds. The zero-order chi connectivity index (χ0) is 14.3. The second-order valence-corrected chi connectivity index (χ2v) is 5.08. The Kier molecular flexibility index (Phi) is 5.56. The van der Waals surface area contributed by atoms with Crippen molar-refractivity contribution in [1.29, 1.82) is 5.26 Å². The SMILES string of the molecule is CC(C)(CCC#N)CNc1ccc(OC(F)F)cc1.